The molecule has 8 heteroatoms. The van der Waals surface area contributed by atoms with Crippen LogP contribution in [-0.4, -0.2) is 48.1 Å². The van der Waals surface area contributed by atoms with E-state index in [1.54, 1.807) is 31.3 Å². The minimum atomic E-state index is -1.08. The molecule has 8 nitrogen and oxygen atoms in total. The lowest BCUT2D eigenvalue weighted by atomic mass is 10.0. The first-order chi connectivity index (χ1) is 14.7. The minimum Gasteiger partial charge on any atom is -0.460 e. The Kier molecular flexibility index (Phi) is 6.14. The number of furan rings is 1. The Balaban J connectivity index is 2.01. The van der Waals surface area contributed by atoms with Crippen LogP contribution in [0.3, 0.4) is 0 Å². The Hall–Kier alpha value is -3.62. The molecule has 1 atom stereocenters. The number of aliphatic hydroxyl groups excluding tert-OH is 1. The average molecular weight is 423 g/mol. The molecule has 1 aromatic heterocycles. The topological polar surface area (TPSA) is 132 Å². The molecule has 0 spiro atoms. The van der Waals surface area contributed by atoms with Crippen LogP contribution in [0, 0.1) is 6.92 Å². The number of hydrogen-bond acceptors (Lipinski definition) is 6. The Morgan fingerprint density at radius 3 is 2.45 bits per heavy atom. The van der Waals surface area contributed by atoms with Crippen LogP contribution in [0.2, 0.25) is 0 Å². The number of hydrogen-bond donors (Lipinski definition) is 4. The van der Waals surface area contributed by atoms with Crippen LogP contribution in [0.5, 0.6) is 0 Å². The van der Waals surface area contributed by atoms with Crippen molar-refractivity contribution >= 4 is 34.2 Å². The zero-order valence-corrected chi connectivity index (χ0v) is 17.8. The molecule has 6 N–H and O–H groups in total. The number of anilines is 1. The van der Waals surface area contributed by atoms with E-state index in [4.69, 9.17) is 15.9 Å². The van der Waals surface area contributed by atoms with Crippen LogP contribution in [0.1, 0.15) is 21.7 Å². The van der Waals surface area contributed by atoms with E-state index in [0.717, 1.165) is 5.69 Å². The van der Waals surface area contributed by atoms with Gasteiger partial charge in [-0.05, 0) is 42.8 Å². The molecule has 31 heavy (non-hydrogen) atoms. The molecule has 0 aliphatic carbocycles. The van der Waals surface area contributed by atoms with Gasteiger partial charge in [-0.25, -0.2) is 9.28 Å². The van der Waals surface area contributed by atoms with Crippen molar-refractivity contribution in [3.05, 3.63) is 71.6 Å². The molecule has 1 unspecified atom stereocenters. The lowest BCUT2D eigenvalue weighted by Gasteiger charge is -2.32. The first-order valence-electron chi connectivity index (χ1n) is 9.76. The van der Waals surface area contributed by atoms with Crippen molar-refractivity contribution in [2.75, 3.05) is 26.0 Å². The Labute approximate surface area is 180 Å². The number of nitrogens with zero attached hydrogens (tertiary/aromatic N) is 1. The number of quaternary nitrogens is 1. The van der Waals surface area contributed by atoms with Gasteiger partial charge in [-0.1, -0.05) is 18.2 Å². The summed E-state index contributed by atoms with van der Waals surface area (Å²) >= 11 is 0. The summed E-state index contributed by atoms with van der Waals surface area (Å²) in [5, 5.41) is 13.3. The number of nitrogens with two attached hydrogens (primary N) is 2. The lowest BCUT2D eigenvalue weighted by molar-refractivity contribution is -0.825. The smallest absolute Gasteiger partial charge is 0.350 e. The highest BCUT2D eigenvalue weighted by molar-refractivity contribution is 6.05. The first-order valence-corrected chi connectivity index (χ1v) is 9.76. The van der Waals surface area contributed by atoms with Gasteiger partial charge >= 0.3 is 5.91 Å². The highest BCUT2D eigenvalue weighted by Gasteiger charge is 2.42. The van der Waals surface area contributed by atoms with Crippen molar-refractivity contribution in [2.24, 2.45) is 11.5 Å². The van der Waals surface area contributed by atoms with E-state index >= 15 is 0 Å². The summed E-state index contributed by atoms with van der Waals surface area (Å²) in [7, 11) is 3.07. The number of likely N-dealkylation sites (N-methyl/N-ethyl adjacent to an activating group) is 1. The van der Waals surface area contributed by atoms with E-state index < -0.39 is 28.9 Å². The molecule has 0 saturated carbocycles. The molecule has 0 aliphatic rings. The van der Waals surface area contributed by atoms with Crippen molar-refractivity contribution in [1.82, 2.24) is 0 Å². The van der Waals surface area contributed by atoms with Crippen molar-refractivity contribution in [1.29, 1.82) is 0 Å². The quantitative estimate of drug-likeness (QED) is 0.431. The third-order valence-electron chi connectivity index (χ3n) is 5.38. The third-order valence-corrected chi connectivity index (χ3v) is 5.38. The van der Waals surface area contributed by atoms with E-state index in [0.29, 0.717) is 33.6 Å². The van der Waals surface area contributed by atoms with Gasteiger partial charge in [-0.3, -0.25) is 4.79 Å². The molecule has 2 aromatic carbocycles. The predicted molar refractivity (Wildman–Crippen MR) is 120 cm³/mol. The number of primary amides is 1. The summed E-state index contributed by atoms with van der Waals surface area (Å²) in [6, 6.07) is 13.8. The zero-order chi connectivity index (χ0) is 22.8. The monoisotopic (exact) mass is 423 g/mol. The fraction of sp³-hybridized carbons (Fsp3) is 0.217. The van der Waals surface area contributed by atoms with Crippen molar-refractivity contribution in [3.63, 3.8) is 0 Å². The van der Waals surface area contributed by atoms with Gasteiger partial charge in [0.25, 0.3) is 5.91 Å². The normalized spacial score (nSPS) is 13.2. The average Bonchev–Trinajstić information content (AvgIpc) is 3.06. The Bertz CT molecular complexity index is 1150. The van der Waals surface area contributed by atoms with Crippen LogP contribution in [0.25, 0.3) is 16.7 Å². The summed E-state index contributed by atoms with van der Waals surface area (Å²) < 4.78 is 5.33. The molecule has 0 bridgehead atoms. The van der Waals surface area contributed by atoms with Gasteiger partial charge in [0.2, 0.25) is 0 Å². The number of nitrogens with one attached hydrogen (secondary N) is 1. The van der Waals surface area contributed by atoms with Gasteiger partial charge in [-0.15, -0.1) is 0 Å². The second-order valence-electron chi connectivity index (χ2n) is 7.80. The molecule has 0 aliphatic heterocycles. The molecule has 3 rings (SSSR count). The SMILES string of the molecule is Cc1oc2ccc(/C(N)=C/Nc3ccccc3)cc2c1C(=O)[N+](C)(C)C(CO)C(N)=O. The van der Waals surface area contributed by atoms with E-state index in [9.17, 15) is 14.7 Å². The third kappa shape index (κ3) is 4.30. The number of aliphatic hydroxyl groups is 1. The maximum absolute atomic E-state index is 13.4. The highest BCUT2D eigenvalue weighted by atomic mass is 16.3. The summed E-state index contributed by atoms with van der Waals surface area (Å²) in [6.07, 6.45) is 1.68. The summed E-state index contributed by atoms with van der Waals surface area (Å²) in [6.45, 7) is 1.14. The number of carbonyl (C=O) groups excluding carboxylic acids is 2. The zero-order valence-electron chi connectivity index (χ0n) is 17.8. The van der Waals surface area contributed by atoms with E-state index in [2.05, 4.69) is 5.32 Å². The van der Waals surface area contributed by atoms with Crippen LogP contribution >= 0.6 is 0 Å². The van der Waals surface area contributed by atoms with Crippen molar-refractivity contribution in [2.45, 2.75) is 13.0 Å². The maximum atomic E-state index is 13.4. The van der Waals surface area contributed by atoms with Gasteiger partial charge in [-0.2, -0.15) is 0 Å². The van der Waals surface area contributed by atoms with Crippen molar-refractivity contribution < 1.29 is 23.6 Å². The van der Waals surface area contributed by atoms with E-state index in [1.165, 1.54) is 14.1 Å². The van der Waals surface area contributed by atoms with Crippen LogP contribution < -0.4 is 16.8 Å². The second kappa shape index (κ2) is 8.63. The van der Waals surface area contributed by atoms with Gasteiger partial charge < -0.3 is 26.3 Å². The van der Waals surface area contributed by atoms with Crippen LogP contribution in [0.4, 0.5) is 5.69 Å². The van der Waals surface area contributed by atoms with Crippen molar-refractivity contribution in [3.8, 4) is 0 Å². The second-order valence-corrected chi connectivity index (χ2v) is 7.80. The molecule has 0 fully saturated rings. The number of amides is 2. The number of para-hydroxylation sites is 1. The van der Waals surface area contributed by atoms with E-state index in [-0.39, 0.29) is 0 Å². The molecule has 2 amide bonds. The van der Waals surface area contributed by atoms with E-state index in [1.807, 2.05) is 30.3 Å². The minimum absolute atomic E-state index is 0.324. The molecule has 0 radical (unpaired) electrons. The largest absolute Gasteiger partial charge is 0.460 e. The summed E-state index contributed by atoms with van der Waals surface area (Å²) in [5.74, 6) is -0.739. The van der Waals surface area contributed by atoms with Crippen LogP contribution in [0.15, 0.2) is 59.1 Å². The lowest BCUT2D eigenvalue weighted by Crippen LogP contribution is -2.60. The summed E-state index contributed by atoms with van der Waals surface area (Å²) in [4.78, 5) is 25.2. The Morgan fingerprint density at radius 2 is 1.84 bits per heavy atom. The molecule has 1 heterocycles. The standard InChI is InChI=1S/C23H26N4O4/c1-14-21(23(30)27(2,3)19(13-28)22(25)29)17-11-15(9-10-20(17)31-14)18(24)12-26-16-7-5-4-6-8-16/h4-12,19,26,28H,13,24H2,1-3H3,(H-,25,29)/p+1/b18-12-. The van der Waals surface area contributed by atoms with Gasteiger partial charge in [0.1, 0.15) is 23.5 Å². The van der Waals surface area contributed by atoms with Gasteiger partial charge in [0.05, 0.1) is 19.8 Å². The fourth-order valence-corrected chi connectivity index (χ4v) is 3.49. The number of benzene rings is 2. The molecule has 3 aromatic rings. The first kappa shape index (κ1) is 22.1. The maximum Gasteiger partial charge on any atom is 0.350 e. The molecule has 0 saturated heterocycles. The number of carbonyl (C=O) groups is 2. The highest BCUT2D eigenvalue weighted by Crippen LogP contribution is 2.30. The molecular formula is C23H27N4O4+. The number of aryl methyl sites for hydroxylation is 1. The molecular weight excluding hydrogens is 396 g/mol. The van der Waals surface area contributed by atoms with Crippen LogP contribution in [-0.2, 0) is 4.79 Å². The fourth-order valence-electron chi connectivity index (χ4n) is 3.49. The molecule has 162 valence electrons. The predicted octanol–water partition coefficient (Wildman–Crippen LogP) is 2.17. The van der Waals surface area contributed by atoms with Gasteiger partial charge in [0.15, 0.2) is 6.04 Å². The summed E-state index contributed by atoms with van der Waals surface area (Å²) in [5.41, 5.74) is 14.6. The number of rotatable bonds is 7. The Morgan fingerprint density at radius 1 is 1.16 bits per heavy atom. The number of fused-ring (bicyclic) bond motifs is 1. The van der Waals surface area contributed by atoms with Gasteiger partial charge in [0, 0.05) is 17.3 Å².